The van der Waals surface area contributed by atoms with E-state index >= 15 is 0 Å². The van der Waals surface area contributed by atoms with Crippen molar-refractivity contribution in [2.45, 2.75) is 25.9 Å². The van der Waals surface area contributed by atoms with Crippen molar-refractivity contribution in [2.75, 3.05) is 24.6 Å². The molecule has 0 amide bonds. The lowest BCUT2D eigenvalue weighted by atomic mass is 10.1. The molecule has 7 heteroatoms. The Kier molecular flexibility index (Phi) is 3.52. The van der Waals surface area contributed by atoms with Gasteiger partial charge in [-0.1, -0.05) is 11.6 Å². The zero-order valence-corrected chi connectivity index (χ0v) is 11.5. The average Bonchev–Trinajstić information content (AvgIpc) is 2.86. The molecule has 1 aliphatic heterocycles. The number of anilines is 1. The van der Waals surface area contributed by atoms with E-state index in [1.54, 1.807) is 4.52 Å². The van der Waals surface area contributed by atoms with Gasteiger partial charge in [0, 0.05) is 25.8 Å². The Hall–Kier alpha value is -1.40. The van der Waals surface area contributed by atoms with Crippen LogP contribution in [-0.2, 0) is 4.74 Å². The first-order valence-corrected chi connectivity index (χ1v) is 6.88. The maximum absolute atomic E-state index is 6.05. The minimum Gasteiger partial charge on any atom is -0.377 e. The van der Waals surface area contributed by atoms with E-state index in [2.05, 4.69) is 20.0 Å². The van der Waals surface area contributed by atoms with Gasteiger partial charge in [-0.15, -0.1) is 0 Å². The number of ether oxygens (including phenoxy) is 1. The van der Waals surface area contributed by atoms with Crippen molar-refractivity contribution < 1.29 is 4.74 Å². The first-order valence-electron chi connectivity index (χ1n) is 6.50. The highest BCUT2D eigenvalue weighted by Gasteiger charge is 2.23. The zero-order chi connectivity index (χ0) is 13.2. The van der Waals surface area contributed by atoms with Crippen LogP contribution in [0.5, 0.6) is 0 Å². The summed E-state index contributed by atoms with van der Waals surface area (Å²) in [4.78, 5) is 10.5. The number of piperidine rings is 1. The number of hydrogen-bond acceptors (Lipinski definition) is 5. The van der Waals surface area contributed by atoms with E-state index in [-0.39, 0.29) is 6.10 Å². The fourth-order valence-corrected chi connectivity index (χ4v) is 2.69. The van der Waals surface area contributed by atoms with Gasteiger partial charge < -0.3 is 9.64 Å². The van der Waals surface area contributed by atoms with Crippen LogP contribution in [0, 0.1) is 0 Å². The van der Waals surface area contributed by atoms with Crippen molar-refractivity contribution in [1.82, 2.24) is 19.6 Å². The van der Waals surface area contributed by atoms with Gasteiger partial charge in [-0.3, -0.25) is 0 Å². The average molecular weight is 282 g/mol. The van der Waals surface area contributed by atoms with E-state index in [1.165, 1.54) is 6.33 Å². The molecule has 19 heavy (non-hydrogen) atoms. The third-order valence-corrected chi connectivity index (χ3v) is 3.50. The van der Waals surface area contributed by atoms with E-state index in [0.29, 0.717) is 10.9 Å². The molecule has 1 aliphatic rings. The Morgan fingerprint density at radius 3 is 3.26 bits per heavy atom. The van der Waals surface area contributed by atoms with Crippen LogP contribution < -0.4 is 4.90 Å². The van der Waals surface area contributed by atoms with Crippen LogP contribution in [0.1, 0.15) is 19.8 Å². The van der Waals surface area contributed by atoms with Gasteiger partial charge in [0.2, 0.25) is 0 Å². The molecule has 0 saturated carbocycles. The van der Waals surface area contributed by atoms with E-state index < -0.39 is 0 Å². The van der Waals surface area contributed by atoms with Crippen LogP contribution in [0.4, 0.5) is 5.82 Å². The molecule has 102 valence electrons. The van der Waals surface area contributed by atoms with Gasteiger partial charge in [0.25, 0.3) is 5.78 Å². The predicted molar refractivity (Wildman–Crippen MR) is 72.7 cm³/mol. The molecule has 0 aliphatic carbocycles. The van der Waals surface area contributed by atoms with Gasteiger partial charge in [-0.2, -0.15) is 19.6 Å². The SMILES string of the molecule is CCOC1CCCN(c2cc(Cl)nc3ncnn23)C1. The summed E-state index contributed by atoms with van der Waals surface area (Å²) in [5, 5.41) is 4.65. The van der Waals surface area contributed by atoms with Crippen molar-refractivity contribution in [3.05, 3.63) is 17.5 Å². The molecule has 2 aromatic rings. The molecule has 0 radical (unpaired) electrons. The first kappa shape index (κ1) is 12.6. The smallest absolute Gasteiger partial charge is 0.255 e. The molecular weight excluding hydrogens is 266 g/mol. The van der Waals surface area contributed by atoms with Crippen molar-refractivity contribution in [2.24, 2.45) is 0 Å². The first-order chi connectivity index (χ1) is 9.28. The second-order valence-electron chi connectivity index (χ2n) is 4.57. The Morgan fingerprint density at radius 2 is 2.42 bits per heavy atom. The van der Waals surface area contributed by atoms with Crippen LogP contribution in [-0.4, -0.2) is 45.4 Å². The van der Waals surface area contributed by atoms with Gasteiger partial charge in [0.1, 0.15) is 17.3 Å². The largest absolute Gasteiger partial charge is 0.377 e. The molecule has 0 aromatic carbocycles. The molecule has 1 fully saturated rings. The number of aromatic nitrogens is 4. The molecule has 3 rings (SSSR count). The zero-order valence-electron chi connectivity index (χ0n) is 10.8. The maximum Gasteiger partial charge on any atom is 0.255 e. The lowest BCUT2D eigenvalue weighted by Crippen LogP contribution is -2.40. The lowest BCUT2D eigenvalue weighted by molar-refractivity contribution is 0.0524. The molecule has 0 bridgehead atoms. The van der Waals surface area contributed by atoms with Gasteiger partial charge in [-0.25, -0.2) is 0 Å². The number of rotatable bonds is 3. The van der Waals surface area contributed by atoms with Crippen LogP contribution in [0.3, 0.4) is 0 Å². The highest BCUT2D eigenvalue weighted by Crippen LogP contribution is 2.23. The molecule has 1 saturated heterocycles. The molecule has 2 aromatic heterocycles. The van der Waals surface area contributed by atoms with Crippen LogP contribution in [0.2, 0.25) is 5.15 Å². The minimum atomic E-state index is 0.268. The van der Waals surface area contributed by atoms with Crippen molar-refractivity contribution in [1.29, 1.82) is 0 Å². The van der Waals surface area contributed by atoms with Crippen LogP contribution in [0.15, 0.2) is 12.4 Å². The summed E-state index contributed by atoms with van der Waals surface area (Å²) in [5.41, 5.74) is 0. The van der Waals surface area contributed by atoms with Gasteiger partial charge in [0.05, 0.1) is 6.10 Å². The predicted octanol–water partition coefficient (Wildman–Crippen LogP) is 1.78. The highest BCUT2D eigenvalue weighted by atomic mass is 35.5. The number of halogens is 1. The molecular formula is C12H16ClN5O. The van der Waals surface area contributed by atoms with Crippen molar-refractivity contribution in [3.63, 3.8) is 0 Å². The summed E-state index contributed by atoms with van der Waals surface area (Å²) in [7, 11) is 0. The second kappa shape index (κ2) is 5.30. The van der Waals surface area contributed by atoms with Crippen molar-refractivity contribution in [3.8, 4) is 0 Å². The van der Waals surface area contributed by atoms with E-state index in [0.717, 1.165) is 38.4 Å². The highest BCUT2D eigenvalue weighted by molar-refractivity contribution is 6.29. The number of fused-ring (bicyclic) bond motifs is 1. The molecule has 1 unspecified atom stereocenters. The van der Waals surface area contributed by atoms with E-state index in [9.17, 15) is 0 Å². The number of nitrogens with zero attached hydrogens (tertiary/aromatic N) is 5. The summed E-state index contributed by atoms with van der Waals surface area (Å²) in [6.07, 6.45) is 3.96. The Bertz CT molecular complexity index is 570. The minimum absolute atomic E-state index is 0.268. The lowest BCUT2D eigenvalue weighted by Gasteiger charge is -2.33. The third kappa shape index (κ3) is 2.50. The topological polar surface area (TPSA) is 55.5 Å². The fraction of sp³-hybridized carbons (Fsp3) is 0.583. The second-order valence-corrected chi connectivity index (χ2v) is 4.96. The van der Waals surface area contributed by atoms with Crippen LogP contribution in [0.25, 0.3) is 5.78 Å². The standard InChI is InChI=1S/C12H16ClN5O/c1-2-19-9-4-3-5-17(7-9)11-6-10(13)16-12-14-8-15-18(11)12/h6,8-9H,2-5,7H2,1H3. The number of hydrogen-bond donors (Lipinski definition) is 0. The summed E-state index contributed by atoms with van der Waals surface area (Å²) < 4.78 is 7.45. The van der Waals surface area contributed by atoms with Crippen molar-refractivity contribution >= 4 is 23.2 Å². The molecule has 1 atom stereocenters. The van der Waals surface area contributed by atoms with Gasteiger partial charge in [-0.05, 0) is 19.8 Å². The molecule has 0 N–H and O–H groups in total. The Balaban J connectivity index is 1.92. The fourth-order valence-electron chi connectivity index (χ4n) is 2.51. The molecule has 6 nitrogen and oxygen atoms in total. The Labute approximate surface area is 116 Å². The van der Waals surface area contributed by atoms with Gasteiger partial charge >= 0.3 is 0 Å². The summed E-state index contributed by atoms with van der Waals surface area (Å²) >= 11 is 6.05. The van der Waals surface area contributed by atoms with E-state index in [1.807, 2.05) is 13.0 Å². The summed E-state index contributed by atoms with van der Waals surface area (Å²) in [5.74, 6) is 1.46. The maximum atomic E-state index is 6.05. The summed E-state index contributed by atoms with van der Waals surface area (Å²) in [6.45, 7) is 4.59. The Morgan fingerprint density at radius 1 is 1.53 bits per heavy atom. The third-order valence-electron chi connectivity index (χ3n) is 3.31. The van der Waals surface area contributed by atoms with Gasteiger partial charge in [0.15, 0.2) is 0 Å². The molecule has 0 spiro atoms. The van der Waals surface area contributed by atoms with E-state index in [4.69, 9.17) is 16.3 Å². The normalized spacial score (nSPS) is 20.1. The summed E-state index contributed by atoms with van der Waals surface area (Å²) in [6, 6.07) is 1.83. The molecule has 3 heterocycles. The quantitative estimate of drug-likeness (QED) is 0.803. The monoisotopic (exact) mass is 281 g/mol. The van der Waals surface area contributed by atoms with Crippen LogP contribution >= 0.6 is 11.6 Å².